The van der Waals surface area contributed by atoms with Crippen molar-refractivity contribution < 1.29 is 4.79 Å². The first kappa shape index (κ1) is 15.5. The number of hydrogen-bond donors (Lipinski definition) is 1. The highest BCUT2D eigenvalue weighted by Crippen LogP contribution is 2.48. The Morgan fingerprint density at radius 3 is 2.84 bits per heavy atom. The Balaban J connectivity index is 1.48. The molecular weight excluding hydrogens is 314 g/mol. The van der Waals surface area contributed by atoms with Gasteiger partial charge in [-0.25, -0.2) is 14.6 Å². The van der Waals surface area contributed by atoms with Gasteiger partial charge in [-0.15, -0.1) is 0 Å². The van der Waals surface area contributed by atoms with E-state index in [1.165, 1.54) is 22.1 Å². The maximum Gasteiger partial charge on any atom is 0.251 e. The number of benzene rings is 1. The molecule has 1 fully saturated rings. The number of nitrogens with one attached hydrogen (secondary N) is 1. The van der Waals surface area contributed by atoms with Crippen LogP contribution in [0.4, 0.5) is 0 Å². The molecule has 25 heavy (non-hydrogen) atoms. The second kappa shape index (κ2) is 6.12. The molecule has 0 spiro atoms. The Bertz CT molecular complexity index is 900. The molecule has 3 aromatic rings. The molecule has 0 radical (unpaired) electrons. The van der Waals surface area contributed by atoms with Crippen molar-refractivity contribution in [2.45, 2.75) is 25.2 Å². The number of nitrogens with zero attached hydrogens (tertiary/aromatic N) is 4. The molecule has 0 aliphatic heterocycles. The number of aryl methyl sites for hydroxylation is 1. The van der Waals surface area contributed by atoms with E-state index in [0.717, 1.165) is 12.8 Å². The van der Waals surface area contributed by atoms with Crippen LogP contribution in [0.1, 0.15) is 34.3 Å². The Kier molecular flexibility index (Phi) is 3.80. The quantitative estimate of drug-likeness (QED) is 0.778. The van der Waals surface area contributed by atoms with Gasteiger partial charge < -0.3 is 5.32 Å². The Morgan fingerprint density at radius 1 is 1.28 bits per heavy atom. The summed E-state index contributed by atoms with van der Waals surface area (Å²) in [5.74, 6) is 0.480. The van der Waals surface area contributed by atoms with Crippen LogP contribution in [0.3, 0.4) is 0 Å². The van der Waals surface area contributed by atoms with Crippen molar-refractivity contribution in [2.75, 3.05) is 6.54 Å². The molecule has 1 aliphatic carbocycles. The van der Waals surface area contributed by atoms with Crippen LogP contribution >= 0.6 is 0 Å². The monoisotopic (exact) mass is 333 g/mol. The lowest BCUT2D eigenvalue weighted by molar-refractivity contribution is 0.0949. The second-order valence-corrected chi connectivity index (χ2v) is 6.52. The smallest absolute Gasteiger partial charge is 0.251 e. The molecule has 1 N–H and O–H groups in total. The highest BCUT2D eigenvalue weighted by Gasteiger charge is 2.45. The van der Waals surface area contributed by atoms with Crippen molar-refractivity contribution in [1.29, 1.82) is 0 Å². The van der Waals surface area contributed by atoms with Crippen LogP contribution in [0.25, 0.3) is 5.82 Å². The fraction of sp³-hybridized carbons (Fsp3) is 0.263. The Labute approximate surface area is 145 Å². The third-order valence-corrected chi connectivity index (χ3v) is 4.82. The summed E-state index contributed by atoms with van der Waals surface area (Å²) in [6.07, 6.45) is 6.83. The van der Waals surface area contributed by atoms with Crippen molar-refractivity contribution in [3.8, 4) is 5.82 Å². The standard InChI is InChI=1S/C19H19N5O/c1-14-4-2-3-5-16(14)19(7-8-19)11-22-18(25)15-6-9-21-17(10-15)24-13-20-12-23-24/h2-6,9-10,12-13H,7-8,11H2,1H3,(H,22,25). The van der Waals surface area contributed by atoms with Gasteiger partial charge in [0.1, 0.15) is 12.7 Å². The number of carbonyl (C=O) groups is 1. The van der Waals surface area contributed by atoms with Gasteiger partial charge in [0, 0.05) is 23.7 Å². The van der Waals surface area contributed by atoms with E-state index in [-0.39, 0.29) is 11.3 Å². The van der Waals surface area contributed by atoms with E-state index in [4.69, 9.17) is 0 Å². The normalized spacial score (nSPS) is 14.9. The van der Waals surface area contributed by atoms with Gasteiger partial charge in [0.25, 0.3) is 5.91 Å². The summed E-state index contributed by atoms with van der Waals surface area (Å²) in [5.41, 5.74) is 3.28. The molecule has 2 heterocycles. The fourth-order valence-electron chi connectivity index (χ4n) is 3.22. The highest BCUT2D eigenvalue weighted by atomic mass is 16.1. The van der Waals surface area contributed by atoms with E-state index < -0.39 is 0 Å². The van der Waals surface area contributed by atoms with Crippen molar-refractivity contribution in [1.82, 2.24) is 25.1 Å². The van der Waals surface area contributed by atoms with Gasteiger partial charge in [0.05, 0.1) is 0 Å². The highest BCUT2D eigenvalue weighted by molar-refractivity contribution is 5.94. The topological polar surface area (TPSA) is 72.7 Å². The van der Waals surface area contributed by atoms with Crippen LogP contribution in [0, 0.1) is 6.92 Å². The molecule has 6 heteroatoms. The lowest BCUT2D eigenvalue weighted by atomic mass is 9.92. The number of pyridine rings is 1. The molecule has 126 valence electrons. The first-order valence-corrected chi connectivity index (χ1v) is 8.33. The minimum Gasteiger partial charge on any atom is -0.351 e. The molecule has 4 rings (SSSR count). The molecule has 0 unspecified atom stereocenters. The molecular formula is C19H19N5O. The largest absolute Gasteiger partial charge is 0.351 e. The molecule has 1 aliphatic rings. The van der Waals surface area contributed by atoms with Gasteiger partial charge in [0.2, 0.25) is 0 Å². The lowest BCUT2D eigenvalue weighted by Crippen LogP contribution is -2.32. The fourth-order valence-corrected chi connectivity index (χ4v) is 3.22. The zero-order valence-electron chi connectivity index (χ0n) is 14.0. The van der Waals surface area contributed by atoms with Crippen LogP contribution < -0.4 is 5.32 Å². The van der Waals surface area contributed by atoms with E-state index in [0.29, 0.717) is 17.9 Å². The number of carbonyl (C=O) groups excluding carboxylic acids is 1. The molecule has 1 saturated carbocycles. The first-order valence-electron chi connectivity index (χ1n) is 8.33. The van der Waals surface area contributed by atoms with Gasteiger partial charge in [-0.1, -0.05) is 24.3 Å². The van der Waals surface area contributed by atoms with Crippen molar-refractivity contribution in [2.24, 2.45) is 0 Å². The first-order chi connectivity index (χ1) is 12.2. The molecule has 0 saturated heterocycles. The maximum absolute atomic E-state index is 12.6. The molecule has 1 amide bonds. The van der Waals surface area contributed by atoms with Crippen molar-refractivity contribution in [3.05, 3.63) is 71.9 Å². The van der Waals surface area contributed by atoms with E-state index in [9.17, 15) is 4.79 Å². The van der Waals surface area contributed by atoms with Crippen molar-refractivity contribution in [3.63, 3.8) is 0 Å². The number of aromatic nitrogens is 4. The van der Waals surface area contributed by atoms with Crippen LogP contribution in [-0.4, -0.2) is 32.2 Å². The summed E-state index contributed by atoms with van der Waals surface area (Å²) >= 11 is 0. The summed E-state index contributed by atoms with van der Waals surface area (Å²) in [6, 6.07) is 11.8. The Morgan fingerprint density at radius 2 is 2.12 bits per heavy atom. The third kappa shape index (κ3) is 3.03. The SMILES string of the molecule is Cc1ccccc1C1(CNC(=O)c2ccnc(-n3cncn3)c2)CC1. The second-order valence-electron chi connectivity index (χ2n) is 6.52. The zero-order chi connectivity index (χ0) is 17.3. The van der Waals surface area contributed by atoms with E-state index in [2.05, 4.69) is 51.6 Å². The average Bonchev–Trinajstić information content (AvgIpc) is 3.22. The molecule has 6 nitrogen and oxygen atoms in total. The van der Waals surface area contributed by atoms with Crippen LogP contribution in [0.5, 0.6) is 0 Å². The molecule has 0 bridgehead atoms. The molecule has 0 atom stereocenters. The summed E-state index contributed by atoms with van der Waals surface area (Å²) in [7, 11) is 0. The van der Waals surface area contributed by atoms with Crippen LogP contribution in [0.15, 0.2) is 55.2 Å². The van der Waals surface area contributed by atoms with E-state index in [1.54, 1.807) is 24.7 Å². The van der Waals surface area contributed by atoms with E-state index in [1.807, 2.05) is 0 Å². The third-order valence-electron chi connectivity index (χ3n) is 4.82. The maximum atomic E-state index is 12.6. The van der Waals surface area contributed by atoms with E-state index >= 15 is 0 Å². The number of hydrogen-bond acceptors (Lipinski definition) is 4. The van der Waals surface area contributed by atoms with Crippen molar-refractivity contribution >= 4 is 5.91 Å². The average molecular weight is 333 g/mol. The minimum atomic E-state index is -0.0939. The predicted octanol–water partition coefficient (Wildman–Crippen LogP) is 2.43. The Hall–Kier alpha value is -3.02. The van der Waals surface area contributed by atoms with Gasteiger partial charge >= 0.3 is 0 Å². The minimum absolute atomic E-state index is 0.0861. The number of rotatable bonds is 5. The number of amides is 1. The van der Waals surface area contributed by atoms with Crippen LogP contribution in [0.2, 0.25) is 0 Å². The summed E-state index contributed by atoms with van der Waals surface area (Å²) in [6.45, 7) is 2.78. The zero-order valence-corrected chi connectivity index (χ0v) is 14.0. The lowest BCUT2D eigenvalue weighted by Gasteiger charge is -2.19. The van der Waals surface area contributed by atoms with Crippen LogP contribution in [-0.2, 0) is 5.41 Å². The predicted molar refractivity (Wildman–Crippen MR) is 93.6 cm³/mol. The molecule has 2 aromatic heterocycles. The van der Waals surface area contributed by atoms with Gasteiger partial charge in [-0.2, -0.15) is 5.10 Å². The van der Waals surface area contributed by atoms with Gasteiger partial charge in [-0.05, 0) is 43.0 Å². The summed E-state index contributed by atoms with van der Waals surface area (Å²) in [4.78, 5) is 20.7. The summed E-state index contributed by atoms with van der Waals surface area (Å²) in [5, 5.41) is 7.13. The summed E-state index contributed by atoms with van der Waals surface area (Å²) < 4.78 is 1.53. The molecule has 1 aromatic carbocycles. The van der Waals surface area contributed by atoms with Gasteiger partial charge in [-0.3, -0.25) is 4.79 Å². The van der Waals surface area contributed by atoms with Gasteiger partial charge in [0.15, 0.2) is 5.82 Å².